The van der Waals surface area contributed by atoms with Crippen molar-refractivity contribution in [3.8, 4) is 5.75 Å². The normalized spacial score (nSPS) is 12.4. The van der Waals surface area contributed by atoms with E-state index in [9.17, 15) is 0 Å². The third kappa shape index (κ3) is 2.71. The summed E-state index contributed by atoms with van der Waals surface area (Å²) in [7, 11) is 1.97. The monoisotopic (exact) mass is 262 g/mol. The smallest absolute Gasteiger partial charge is 0.119 e. The molecule has 2 rings (SSSR count). The lowest BCUT2D eigenvalue weighted by atomic mass is 10.0. The van der Waals surface area contributed by atoms with Crippen LogP contribution in [0.15, 0.2) is 29.8 Å². The van der Waals surface area contributed by atoms with E-state index in [0.717, 1.165) is 11.4 Å². The van der Waals surface area contributed by atoms with Gasteiger partial charge in [-0.25, -0.2) is 4.98 Å². The predicted octanol–water partition coefficient (Wildman–Crippen LogP) is 3.16. The van der Waals surface area contributed by atoms with Crippen molar-refractivity contribution in [2.75, 3.05) is 13.7 Å². The van der Waals surface area contributed by atoms with Gasteiger partial charge in [-0.2, -0.15) is 0 Å². The molecule has 0 aliphatic carbocycles. The van der Waals surface area contributed by atoms with Gasteiger partial charge in [-0.15, -0.1) is 11.3 Å². The van der Waals surface area contributed by atoms with Crippen molar-refractivity contribution >= 4 is 11.3 Å². The number of nitrogens with zero attached hydrogens (tertiary/aromatic N) is 1. The first-order chi connectivity index (χ1) is 8.76. The summed E-state index contributed by atoms with van der Waals surface area (Å²) in [4.78, 5) is 5.57. The second-order valence-electron chi connectivity index (χ2n) is 4.03. The molecule has 0 amide bonds. The highest BCUT2D eigenvalue weighted by atomic mass is 32.1. The number of thiazole rings is 1. The van der Waals surface area contributed by atoms with Gasteiger partial charge < -0.3 is 10.1 Å². The number of hydrogen-bond acceptors (Lipinski definition) is 4. The number of hydrogen-bond donors (Lipinski definition) is 1. The van der Waals surface area contributed by atoms with E-state index in [1.54, 1.807) is 11.3 Å². The van der Waals surface area contributed by atoms with Gasteiger partial charge >= 0.3 is 0 Å². The zero-order valence-electron chi connectivity index (χ0n) is 10.9. The van der Waals surface area contributed by atoms with Gasteiger partial charge in [-0.3, -0.25) is 0 Å². The molecule has 1 aromatic heterocycles. The Bertz CT molecular complexity index is 510. The summed E-state index contributed by atoms with van der Waals surface area (Å²) in [5.41, 5.74) is 4.18. The van der Waals surface area contributed by atoms with Crippen LogP contribution >= 0.6 is 11.3 Å². The largest absolute Gasteiger partial charge is 0.494 e. The molecule has 0 aliphatic rings. The topological polar surface area (TPSA) is 34.1 Å². The Labute approximate surface area is 112 Å². The molecule has 3 nitrogen and oxygen atoms in total. The number of aromatic nitrogens is 1. The van der Waals surface area contributed by atoms with E-state index in [1.807, 2.05) is 38.5 Å². The Morgan fingerprint density at radius 2 is 2.28 bits per heavy atom. The SMILES string of the molecule is CCOc1cccc(C(NC)c2scnc2C)c1. The summed E-state index contributed by atoms with van der Waals surface area (Å²) < 4.78 is 5.55. The van der Waals surface area contributed by atoms with Crippen molar-refractivity contribution in [2.45, 2.75) is 19.9 Å². The highest BCUT2D eigenvalue weighted by molar-refractivity contribution is 7.09. The second-order valence-corrected chi connectivity index (χ2v) is 4.92. The molecule has 4 heteroatoms. The van der Waals surface area contributed by atoms with E-state index in [4.69, 9.17) is 4.74 Å². The number of aryl methyl sites for hydroxylation is 1. The van der Waals surface area contributed by atoms with Crippen molar-refractivity contribution in [2.24, 2.45) is 0 Å². The zero-order valence-corrected chi connectivity index (χ0v) is 11.8. The maximum absolute atomic E-state index is 5.55. The number of rotatable bonds is 5. The lowest BCUT2D eigenvalue weighted by Crippen LogP contribution is -2.17. The lowest BCUT2D eigenvalue weighted by Gasteiger charge is -2.16. The summed E-state index contributed by atoms with van der Waals surface area (Å²) >= 11 is 1.68. The van der Waals surface area contributed by atoms with Crippen LogP contribution in [0.2, 0.25) is 0 Å². The molecule has 0 bridgehead atoms. The van der Waals surface area contributed by atoms with E-state index in [1.165, 1.54) is 10.4 Å². The third-order valence-electron chi connectivity index (χ3n) is 2.84. The van der Waals surface area contributed by atoms with Crippen LogP contribution < -0.4 is 10.1 Å². The van der Waals surface area contributed by atoms with Crippen molar-refractivity contribution in [1.82, 2.24) is 10.3 Å². The van der Waals surface area contributed by atoms with Gasteiger partial charge in [0.25, 0.3) is 0 Å². The van der Waals surface area contributed by atoms with Crippen LogP contribution in [0, 0.1) is 6.92 Å². The lowest BCUT2D eigenvalue weighted by molar-refractivity contribution is 0.339. The minimum absolute atomic E-state index is 0.179. The Balaban J connectivity index is 2.33. The molecule has 0 radical (unpaired) electrons. The molecule has 0 saturated carbocycles. The fourth-order valence-corrected chi connectivity index (χ4v) is 2.93. The Morgan fingerprint density at radius 3 is 2.89 bits per heavy atom. The molecule has 18 heavy (non-hydrogen) atoms. The summed E-state index contributed by atoms with van der Waals surface area (Å²) in [5, 5.41) is 3.35. The number of ether oxygens (including phenoxy) is 1. The maximum Gasteiger partial charge on any atom is 0.119 e. The Morgan fingerprint density at radius 1 is 1.44 bits per heavy atom. The molecule has 1 heterocycles. The van der Waals surface area contributed by atoms with Gasteiger partial charge in [-0.1, -0.05) is 12.1 Å². The molecule has 96 valence electrons. The molecular weight excluding hydrogens is 244 g/mol. The second kappa shape index (κ2) is 5.98. The fourth-order valence-electron chi connectivity index (χ4n) is 1.99. The van der Waals surface area contributed by atoms with E-state index in [0.29, 0.717) is 6.61 Å². The fraction of sp³-hybridized carbons (Fsp3) is 0.357. The van der Waals surface area contributed by atoms with Crippen LogP contribution in [0.5, 0.6) is 5.75 Å². The first-order valence-corrected chi connectivity index (χ1v) is 6.94. The third-order valence-corrected chi connectivity index (χ3v) is 3.83. The molecule has 1 atom stereocenters. The average Bonchev–Trinajstić information content (AvgIpc) is 2.78. The average molecular weight is 262 g/mol. The van der Waals surface area contributed by atoms with Crippen molar-refractivity contribution in [3.63, 3.8) is 0 Å². The molecule has 0 aliphatic heterocycles. The number of nitrogens with one attached hydrogen (secondary N) is 1. The molecule has 0 spiro atoms. The highest BCUT2D eigenvalue weighted by Crippen LogP contribution is 2.29. The van der Waals surface area contributed by atoms with E-state index < -0.39 is 0 Å². The van der Waals surface area contributed by atoms with Crippen LogP contribution in [0.25, 0.3) is 0 Å². The van der Waals surface area contributed by atoms with Crippen LogP contribution in [0.3, 0.4) is 0 Å². The van der Waals surface area contributed by atoms with Gasteiger partial charge in [0.1, 0.15) is 5.75 Å². The molecule has 1 aromatic carbocycles. The predicted molar refractivity (Wildman–Crippen MR) is 75.4 cm³/mol. The van der Waals surface area contributed by atoms with Crippen LogP contribution in [-0.2, 0) is 0 Å². The van der Waals surface area contributed by atoms with Gasteiger partial charge in [0, 0.05) is 4.88 Å². The van der Waals surface area contributed by atoms with Gasteiger partial charge in [-0.05, 0) is 38.6 Å². The van der Waals surface area contributed by atoms with E-state index >= 15 is 0 Å². The Hall–Kier alpha value is -1.39. The summed E-state index contributed by atoms with van der Waals surface area (Å²) in [6.45, 7) is 4.73. The summed E-state index contributed by atoms with van der Waals surface area (Å²) in [5.74, 6) is 0.914. The van der Waals surface area contributed by atoms with Crippen molar-refractivity contribution < 1.29 is 4.74 Å². The van der Waals surface area contributed by atoms with Gasteiger partial charge in [0.2, 0.25) is 0 Å². The highest BCUT2D eigenvalue weighted by Gasteiger charge is 2.16. The minimum Gasteiger partial charge on any atom is -0.494 e. The first-order valence-electron chi connectivity index (χ1n) is 6.06. The summed E-state index contributed by atoms with van der Waals surface area (Å²) in [6, 6.07) is 8.39. The quantitative estimate of drug-likeness (QED) is 0.898. The molecular formula is C14H18N2OS. The van der Waals surface area contributed by atoms with Crippen LogP contribution in [0.4, 0.5) is 0 Å². The zero-order chi connectivity index (χ0) is 13.0. The van der Waals surface area contributed by atoms with E-state index in [2.05, 4.69) is 22.4 Å². The van der Waals surface area contributed by atoms with Gasteiger partial charge in [0.15, 0.2) is 0 Å². The first kappa shape index (κ1) is 13.1. The molecule has 0 fully saturated rings. The van der Waals surface area contributed by atoms with Crippen molar-refractivity contribution in [3.05, 3.63) is 45.9 Å². The van der Waals surface area contributed by atoms with Crippen molar-refractivity contribution in [1.29, 1.82) is 0 Å². The molecule has 1 N–H and O–H groups in total. The molecule has 1 unspecified atom stereocenters. The number of benzene rings is 1. The van der Waals surface area contributed by atoms with Crippen LogP contribution in [0.1, 0.15) is 29.1 Å². The minimum atomic E-state index is 0.179. The van der Waals surface area contributed by atoms with Gasteiger partial charge in [0.05, 0.1) is 23.9 Å². The maximum atomic E-state index is 5.55. The van der Waals surface area contributed by atoms with E-state index in [-0.39, 0.29) is 6.04 Å². The summed E-state index contributed by atoms with van der Waals surface area (Å²) in [6.07, 6.45) is 0. The van der Waals surface area contributed by atoms with Crippen LogP contribution in [-0.4, -0.2) is 18.6 Å². The standard InChI is InChI=1S/C14H18N2OS/c1-4-17-12-7-5-6-11(8-12)13(15-3)14-10(2)16-9-18-14/h5-9,13,15H,4H2,1-3H3. The molecule has 0 saturated heterocycles. The Kier molecular flexibility index (Phi) is 4.33. The molecule has 2 aromatic rings.